The molecular weight excluding hydrogens is 308 g/mol. The van der Waals surface area contributed by atoms with Gasteiger partial charge in [-0.1, -0.05) is 6.92 Å². The van der Waals surface area contributed by atoms with Gasteiger partial charge in [-0.05, 0) is 50.5 Å². The van der Waals surface area contributed by atoms with Crippen molar-refractivity contribution in [2.45, 2.75) is 44.9 Å². The zero-order valence-electron chi connectivity index (χ0n) is 14.6. The van der Waals surface area contributed by atoms with Gasteiger partial charge >= 0.3 is 6.09 Å². The van der Waals surface area contributed by atoms with Gasteiger partial charge in [0, 0.05) is 18.7 Å². The van der Waals surface area contributed by atoms with E-state index in [-0.39, 0.29) is 5.92 Å². The first-order chi connectivity index (χ1) is 11.3. The Morgan fingerprint density at radius 1 is 1.42 bits per heavy atom. The Morgan fingerprint density at radius 3 is 2.79 bits per heavy atom. The number of fused-ring (bicyclic) bond motifs is 1. The molecule has 1 aliphatic carbocycles. The van der Waals surface area contributed by atoms with E-state index in [9.17, 15) is 9.90 Å². The second kappa shape index (κ2) is 5.77. The number of cyclic esters (lactones) is 1. The third-order valence-corrected chi connectivity index (χ3v) is 5.44. The molecule has 1 fully saturated rings. The van der Waals surface area contributed by atoms with Crippen molar-refractivity contribution in [1.82, 2.24) is 4.90 Å². The molecule has 0 radical (unpaired) electrons. The SMILES string of the molecule is CC[C@]1(C)OC(=O)N(CCC2=CN=C3C=CC(OC)=C[C@@H]23)[C@]1(C)O. The number of rotatable bonds is 5. The third kappa shape index (κ3) is 2.45. The molecule has 24 heavy (non-hydrogen) atoms. The van der Waals surface area contributed by atoms with Crippen molar-refractivity contribution in [3.05, 3.63) is 35.8 Å². The first-order valence-corrected chi connectivity index (χ1v) is 8.26. The van der Waals surface area contributed by atoms with E-state index in [2.05, 4.69) is 4.99 Å². The number of nitrogens with zero attached hydrogens (tertiary/aromatic N) is 2. The van der Waals surface area contributed by atoms with Crippen LogP contribution < -0.4 is 0 Å². The number of carbonyl (C=O) groups is 1. The first kappa shape index (κ1) is 16.8. The summed E-state index contributed by atoms with van der Waals surface area (Å²) in [6.07, 6.45) is 8.39. The smallest absolute Gasteiger partial charge is 0.412 e. The zero-order chi connectivity index (χ0) is 17.5. The van der Waals surface area contributed by atoms with E-state index < -0.39 is 17.4 Å². The Labute approximate surface area is 142 Å². The van der Waals surface area contributed by atoms with Crippen LogP contribution in [-0.4, -0.2) is 46.8 Å². The van der Waals surface area contributed by atoms with Crippen LogP contribution in [0, 0.1) is 5.92 Å². The molecule has 3 aliphatic rings. The molecular formula is C18H24N2O4. The number of aliphatic imine (C=N–C) groups is 1. The minimum absolute atomic E-state index is 0.0751. The van der Waals surface area contributed by atoms with Gasteiger partial charge < -0.3 is 14.6 Å². The highest BCUT2D eigenvalue weighted by molar-refractivity contribution is 6.03. The molecule has 1 saturated heterocycles. The number of hydrogen-bond acceptors (Lipinski definition) is 5. The third-order valence-electron chi connectivity index (χ3n) is 5.44. The molecule has 3 atom stereocenters. The van der Waals surface area contributed by atoms with E-state index >= 15 is 0 Å². The molecule has 0 unspecified atom stereocenters. The van der Waals surface area contributed by atoms with E-state index in [0.717, 1.165) is 17.0 Å². The molecule has 1 N–H and O–H groups in total. The van der Waals surface area contributed by atoms with Crippen LogP contribution >= 0.6 is 0 Å². The molecule has 6 nitrogen and oxygen atoms in total. The Bertz CT molecular complexity index is 675. The molecule has 1 amide bonds. The summed E-state index contributed by atoms with van der Waals surface area (Å²) < 4.78 is 10.7. The lowest BCUT2D eigenvalue weighted by Gasteiger charge is -2.37. The van der Waals surface area contributed by atoms with Crippen molar-refractivity contribution >= 4 is 11.8 Å². The second-order valence-corrected chi connectivity index (χ2v) is 6.72. The highest BCUT2D eigenvalue weighted by atomic mass is 16.6. The summed E-state index contributed by atoms with van der Waals surface area (Å²) in [7, 11) is 1.64. The molecule has 6 heteroatoms. The second-order valence-electron chi connectivity index (χ2n) is 6.72. The highest BCUT2D eigenvalue weighted by Gasteiger charge is 2.58. The number of ether oxygens (including phenoxy) is 2. The molecule has 3 rings (SSSR count). The molecule has 2 aliphatic heterocycles. The quantitative estimate of drug-likeness (QED) is 0.840. The maximum Gasteiger partial charge on any atom is 0.412 e. The number of allylic oxidation sites excluding steroid dienone is 3. The van der Waals surface area contributed by atoms with Gasteiger partial charge in [0.2, 0.25) is 0 Å². The predicted molar refractivity (Wildman–Crippen MR) is 90.4 cm³/mol. The predicted octanol–water partition coefficient (Wildman–Crippen LogP) is 2.76. The van der Waals surface area contributed by atoms with Crippen molar-refractivity contribution in [3.8, 4) is 0 Å². The van der Waals surface area contributed by atoms with Crippen molar-refractivity contribution in [1.29, 1.82) is 0 Å². The Balaban J connectivity index is 1.70. The van der Waals surface area contributed by atoms with Gasteiger partial charge in [0.05, 0.1) is 12.8 Å². The molecule has 2 heterocycles. The van der Waals surface area contributed by atoms with Gasteiger partial charge in [-0.25, -0.2) is 4.79 Å². The summed E-state index contributed by atoms with van der Waals surface area (Å²) in [5, 5.41) is 10.8. The van der Waals surface area contributed by atoms with Crippen LogP contribution in [0.25, 0.3) is 0 Å². The Hall–Kier alpha value is -2.08. The van der Waals surface area contributed by atoms with Crippen LogP contribution in [-0.2, 0) is 9.47 Å². The lowest BCUT2D eigenvalue weighted by molar-refractivity contribution is -0.137. The van der Waals surface area contributed by atoms with Crippen molar-refractivity contribution < 1.29 is 19.4 Å². The van der Waals surface area contributed by atoms with Crippen molar-refractivity contribution in [2.75, 3.05) is 13.7 Å². The van der Waals surface area contributed by atoms with Gasteiger partial charge in [0.25, 0.3) is 0 Å². The molecule has 130 valence electrons. The van der Waals surface area contributed by atoms with E-state index in [0.29, 0.717) is 19.4 Å². The summed E-state index contributed by atoms with van der Waals surface area (Å²) in [6, 6.07) is 0. The number of amides is 1. The average molecular weight is 332 g/mol. The maximum absolute atomic E-state index is 12.2. The number of methoxy groups -OCH3 is 1. The molecule has 0 saturated carbocycles. The van der Waals surface area contributed by atoms with Crippen LogP contribution in [0.15, 0.2) is 40.8 Å². The largest absolute Gasteiger partial charge is 0.497 e. The van der Waals surface area contributed by atoms with Crippen LogP contribution in [0.4, 0.5) is 4.79 Å². The highest BCUT2D eigenvalue weighted by Crippen LogP contribution is 2.40. The van der Waals surface area contributed by atoms with Crippen molar-refractivity contribution in [3.63, 3.8) is 0 Å². The summed E-state index contributed by atoms with van der Waals surface area (Å²) in [5.41, 5.74) is -0.161. The zero-order valence-corrected chi connectivity index (χ0v) is 14.6. The fourth-order valence-electron chi connectivity index (χ4n) is 3.36. The van der Waals surface area contributed by atoms with E-state index in [1.54, 1.807) is 21.0 Å². The normalized spacial score (nSPS) is 34.5. The monoisotopic (exact) mass is 332 g/mol. The molecule has 0 aromatic carbocycles. The fraction of sp³-hybridized carbons (Fsp3) is 0.556. The van der Waals surface area contributed by atoms with Crippen LogP contribution in [0.1, 0.15) is 33.6 Å². The van der Waals surface area contributed by atoms with Gasteiger partial charge in [0.15, 0.2) is 11.3 Å². The number of carbonyl (C=O) groups excluding carboxylic acids is 1. The lowest BCUT2D eigenvalue weighted by atomic mass is 9.88. The number of hydrogen-bond donors (Lipinski definition) is 1. The van der Waals surface area contributed by atoms with E-state index in [1.807, 2.05) is 31.4 Å². The minimum atomic E-state index is -1.33. The van der Waals surface area contributed by atoms with Crippen LogP contribution in [0.3, 0.4) is 0 Å². The summed E-state index contributed by atoms with van der Waals surface area (Å²) in [5.74, 6) is 0.879. The van der Waals surface area contributed by atoms with Gasteiger partial charge in [0.1, 0.15) is 5.76 Å². The molecule has 0 bridgehead atoms. The Morgan fingerprint density at radius 2 is 2.17 bits per heavy atom. The lowest BCUT2D eigenvalue weighted by Crippen LogP contribution is -2.55. The van der Waals surface area contributed by atoms with E-state index in [1.165, 1.54) is 4.90 Å². The van der Waals surface area contributed by atoms with Crippen LogP contribution in [0.5, 0.6) is 0 Å². The molecule has 0 spiro atoms. The minimum Gasteiger partial charge on any atom is -0.497 e. The standard InChI is InChI=1S/C18H24N2O4/c1-5-17(2)18(3,22)20(16(21)24-17)9-8-12-11-19-15-7-6-13(23-4)10-14(12)15/h6-7,10-11,14,22H,5,8-9H2,1-4H3/t14-,17-,18+/m0/s1. The van der Waals surface area contributed by atoms with Crippen LogP contribution in [0.2, 0.25) is 0 Å². The average Bonchev–Trinajstić information content (AvgIpc) is 3.03. The summed E-state index contributed by atoms with van der Waals surface area (Å²) in [6.45, 7) is 5.68. The number of aliphatic hydroxyl groups is 1. The van der Waals surface area contributed by atoms with Gasteiger partial charge in [-0.3, -0.25) is 9.89 Å². The van der Waals surface area contributed by atoms with Gasteiger partial charge in [-0.15, -0.1) is 0 Å². The maximum atomic E-state index is 12.2. The summed E-state index contributed by atoms with van der Waals surface area (Å²) in [4.78, 5) is 18.0. The summed E-state index contributed by atoms with van der Waals surface area (Å²) >= 11 is 0. The van der Waals surface area contributed by atoms with E-state index in [4.69, 9.17) is 9.47 Å². The molecule has 0 aromatic rings. The van der Waals surface area contributed by atoms with Crippen molar-refractivity contribution in [2.24, 2.45) is 10.9 Å². The molecule has 0 aromatic heterocycles. The fourth-order valence-corrected chi connectivity index (χ4v) is 3.36. The topological polar surface area (TPSA) is 71.4 Å². The Kier molecular flexibility index (Phi) is 4.03. The van der Waals surface area contributed by atoms with Gasteiger partial charge in [-0.2, -0.15) is 0 Å². The first-order valence-electron chi connectivity index (χ1n) is 8.26.